The van der Waals surface area contributed by atoms with Gasteiger partial charge in [-0.05, 0) is 30.7 Å². The lowest BCUT2D eigenvalue weighted by molar-refractivity contribution is -0.384. The molecule has 7 heteroatoms. The Morgan fingerprint density at radius 3 is 2.86 bits per heavy atom. The number of nitrogens with one attached hydrogen (secondary N) is 2. The monoisotopic (exact) mass is 296 g/mol. The van der Waals surface area contributed by atoms with Crippen LogP contribution in [0.15, 0.2) is 42.7 Å². The lowest BCUT2D eigenvalue weighted by Gasteiger charge is -2.08. The van der Waals surface area contributed by atoms with Crippen LogP contribution in [-0.2, 0) is 0 Å². The molecule has 0 aliphatic heterocycles. The Bertz CT molecular complexity index is 885. The highest BCUT2D eigenvalue weighted by Gasteiger charge is 2.13. The molecule has 22 heavy (non-hydrogen) atoms. The number of anilines is 1. The van der Waals surface area contributed by atoms with Crippen LogP contribution in [0.4, 0.5) is 11.4 Å². The number of carbonyl (C=O) groups excluding carboxylic acids is 1. The predicted octanol–water partition coefficient (Wildman–Crippen LogP) is 3.03. The zero-order chi connectivity index (χ0) is 15.7. The van der Waals surface area contributed by atoms with Crippen molar-refractivity contribution in [3.05, 3.63) is 64.0 Å². The Labute approximate surface area is 125 Å². The molecule has 1 amide bonds. The van der Waals surface area contributed by atoms with E-state index >= 15 is 0 Å². The molecule has 0 spiro atoms. The van der Waals surface area contributed by atoms with Gasteiger partial charge in [0.1, 0.15) is 0 Å². The first-order chi connectivity index (χ1) is 10.5. The van der Waals surface area contributed by atoms with Gasteiger partial charge in [0, 0.05) is 17.7 Å². The molecular weight excluding hydrogens is 284 g/mol. The average Bonchev–Trinajstić information content (AvgIpc) is 2.96. The number of nitro benzene ring substituents is 1. The fraction of sp³-hybridized carbons (Fsp3) is 0.0667. The van der Waals surface area contributed by atoms with Crippen molar-refractivity contribution in [2.24, 2.45) is 0 Å². The van der Waals surface area contributed by atoms with Gasteiger partial charge in [0.2, 0.25) is 0 Å². The highest BCUT2D eigenvalue weighted by atomic mass is 16.6. The minimum absolute atomic E-state index is 0.0649. The van der Waals surface area contributed by atoms with Gasteiger partial charge >= 0.3 is 0 Å². The first-order valence-electron chi connectivity index (χ1n) is 6.54. The molecule has 110 valence electrons. The third-order valence-electron chi connectivity index (χ3n) is 3.36. The van der Waals surface area contributed by atoms with Crippen LogP contribution >= 0.6 is 0 Å². The first-order valence-corrected chi connectivity index (χ1v) is 6.54. The molecule has 3 rings (SSSR count). The van der Waals surface area contributed by atoms with E-state index in [1.807, 2.05) is 0 Å². The van der Waals surface area contributed by atoms with E-state index < -0.39 is 4.92 Å². The second-order valence-corrected chi connectivity index (χ2v) is 4.84. The quantitative estimate of drug-likeness (QED) is 0.573. The fourth-order valence-corrected chi connectivity index (χ4v) is 2.13. The molecule has 0 fully saturated rings. The molecule has 0 saturated heterocycles. The summed E-state index contributed by atoms with van der Waals surface area (Å²) in [6.07, 6.45) is 1.55. The number of aryl methyl sites for hydroxylation is 1. The van der Waals surface area contributed by atoms with Crippen molar-refractivity contribution in [3.8, 4) is 0 Å². The zero-order valence-corrected chi connectivity index (χ0v) is 11.7. The van der Waals surface area contributed by atoms with Crippen LogP contribution in [0.25, 0.3) is 11.0 Å². The summed E-state index contributed by atoms with van der Waals surface area (Å²) in [5, 5.41) is 13.5. The molecule has 0 unspecified atom stereocenters. The number of rotatable bonds is 3. The van der Waals surface area contributed by atoms with Gasteiger partial charge in [-0.25, -0.2) is 4.98 Å². The van der Waals surface area contributed by atoms with Gasteiger partial charge in [-0.3, -0.25) is 14.9 Å². The Hall–Kier alpha value is -3.22. The van der Waals surface area contributed by atoms with Gasteiger partial charge < -0.3 is 10.3 Å². The summed E-state index contributed by atoms with van der Waals surface area (Å²) in [6, 6.07) is 9.44. The SMILES string of the molecule is Cc1ccc([N+](=O)[O-])cc1NC(=O)c1ccc2nc[nH]c2c1. The Balaban J connectivity index is 1.90. The molecule has 0 bridgehead atoms. The van der Waals surface area contributed by atoms with Crippen molar-refractivity contribution in [1.82, 2.24) is 9.97 Å². The maximum absolute atomic E-state index is 12.3. The van der Waals surface area contributed by atoms with Crippen molar-refractivity contribution in [1.29, 1.82) is 0 Å². The number of carbonyl (C=O) groups is 1. The molecule has 0 aliphatic carbocycles. The number of imidazole rings is 1. The van der Waals surface area contributed by atoms with Crippen molar-refractivity contribution < 1.29 is 9.72 Å². The molecule has 7 nitrogen and oxygen atoms in total. The third kappa shape index (κ3) is 2.51. The topological polar surface area (TPSA) is 101 Å². The van der Waals surface area contributed by atoms with Crippen LogP contribution in [0.5, 0.6) is 0 Å². The number of benzene rings is 2. The number of aromatic nitrogens is 2. The number of nitrogens with zero attached hydrogens (tertiary/aromatic N) is 2. The highest BCUT2D eigenvalue weighted by molar-refractivity contribution is 6.06. The summed E-state index contributed by atoms with van der Waals surface area (Å²) in [5.74, 6) is -0.333. The molecule has 3 aromatic rings. The fourth-order valence-electron chi connectivity index (χ4n) is 2.13. The number of amides is 1. The smallest absolute Gasteiger partial charge is 0.271 e. The lowest BCUT2D eigenvalue weighted by Crippen LogP contribution is -2.12. The number of aromatic amines is 1. The van der Waals surface area contributed by atoms with Crippen LogP contribution in [0, 0.1) is 17.0 Å². The normalized spacial score (nSPS) is 10.6. The van der Waals surface area contributed by atoms with E-state index in [4.69, 9.17) is 0 Å². The number of hydrogen-bond donors (Lipinski definition) is 2. The Kier molecular flexibility index (Phi) is 3.30. The van der Waals surface area contributed by atoms with Crippen molar-refractivity contribution in [2.45, 2.75) is 6.92 Å². The van der Waals surface area contributed by atoms with Gasteiger partial charge in [-0.15, -0.1) is 0 Å². The molecular formula is C15H12N4O3. The summed E-state index contributed by atoms with van der Waals surface area (Å²) >= 11 is 0. The van der Waals surface area contributed by atoms with E-state index in [0.29, 0.717) is 11.3 Å². The number of non-ortho nitro benzene ring substituents is 1. The third-order valence-corrected chi connectivity index (χ3v) is 3.36. The van der Waals surface area contributed by atoms with E-state index in [0.717, 1.165) is 16.6 Å². The zero-order valence-electron chi connectivity index (χ0n) is 11.7. The maximum Gasteiger partial charge on any atom is 0.271 e. The van der Waals surface area contributed by atoms with Crippen molar-refractivity contribution in [2.75, 3.05) is 5.32 Å². The number of fused-ring (bicyclic) bond motifs is 1. The molecule has 1 heterocycles. The summed E-state index contributed by atoms with van der Waals surface area (Å²) in [5.41, 5.74) is 3.07. The minimum Gasteiger partial charge on any atom is -0.345 e. The first kappa shape index (κ1) is 13.7. The van der Waals surface area contributed by atoms with E-state index in [2.05, 4.69) is 15.3 Å². The highest BCUT2D eigenvalue weighted by Crippen LogP contribution is 2.22. The summed E-state index contributed by atoms with van der Waals surface area (Å²) in [7, 11) is 0. The summed E-state index contributed by atoms with van der Waals surface area (Å²) in [4.78, 5) is 29.6. The van der Waals surface area contributed by atoms with Crippen LogP contribution in [-0.4, -0.2) is 20.8 Å². The number of H-pyrrole nitrogens is 1. The average molecular weight is 296 g/mol. The summed E-state index contributed by atoms with van der Waals surface area (Å²) in [6.45, 7) is 1.78. The van der Waals surface area contributed by atoms with Gasteiger partial charge in [-0.1, -0.05) is 6.07 Å². The van der Waals surface area contributed by atoms with Crippen LogP contribution in [0.2, 0.25) is 0 Å². The minimum atomic E-state index is -0.494. The second-order valence-electron chi connectivity index (χ2n) is 4.84. The number of nitro groups is 1. The molecule has 0 aliphatic rings. The molecule has 0 atom stereocenters. The Morgan fingerprint density at radius 1 is 1.27 bits per heavy atom. The molecule has 2 aromatic carbocycles. The van der Waals surface area contributed by atoms with Gasteiger partial charge in [0.05, 0.1) is 28.0 Å². The molecule has 1 aromatic heterocycles. The van der Waals surface area contributed by atoms with E-state index in [1.54, 1.807) is 37.5 Å². The molecule has 0 radical (unpaired) electrons. The van der Waals surface area contributed by atoms with E-state index in [9.17, 15) is 14.9 Å². The van der Waals surface area contributed by atoms with Gasteiger partial charge in [0.15, 0.2) is 0 Å². The van der Waals surface area contributed by atoms with Crippen molar-refractivity contribution >= 4 is 28.3 Å². The number of hydrogen-bond acceptors (Lipinski definition) is 4. The van der Waals surface area contributed by atoms with E-state index in [-0.39, 0.29) is 11.6 Å². The molecule has 0 saturated carbocycles. The van der Waals surface area contributed by atoms with Crippen LogP contribution in [0.1, 0.15) is 15.9 Å². The van der Waals surface area contributed by atoms with Crippen molar-refractivity contribution in [3.63, 3.8) is 0 Å². The predicted molar refractivity (Wildman–Crippen MR) is 81.9 cm³/mol. The van der Waals surface area contributed by atoms with Crippen LogP contribution in [0.3, 0.4) is 0 Å². The van der Waals surface area contributed by atoms with Gasteiger partial charge in [0.25, 0.3) is 11.6 Å². The van der Waals surface area contributed by atoms with Gasteiger partial charge in [-0.2, -0.15) is 0 Å². The molecule has 2 N–H and O–H groups in total. The van der Waals surface area contributed by atoms with Crippen LogP contribution < -0.4 is 5.32 Å². The standard InChI is InChI=1S/C15H12N4O3/c1-9-2-4-11(19(21)22)7-13(9)18-15(20)10-3-5-12-14(6-10)17-8-16-12/h2-8H,1H3,(H,16,17)(H,18,20). The lowest BCUT2D eigenvalue weighted by atomic mass is 10.1. The maximum atomic E-state index is 12.3. The second kappa shape index (κ2) is 5.28. The van der Waals surface area contributed by atoms with E-state index in [1.165, 1.54) is 12.1 Å². The Morgan fingerprint density at radius 2 is 2.09 bits per heavy atom. The summed E-state index contributed by atoms with van der Waals surface area (Å²) < 4.78 is 0. The largest absolute Gasteiger partial charge is 0.345 e.